The summed E-state index contributed by atoms with van der Waals surface area (Å²) in [5.74, 6) is -0.882. The number of rotatable bonds is 6. The van der Waals surface area contributed by atoms with Crippen LogP contribution in [0.3, 0.4) is 0 Å². The van der Waals surface area contributed by atoms with Crippen molar-refractivity contribution < 1.29 is 19.1 Å². The predicted molar refractivity (Wildman–Crippen MR) is 137 cm³/mol. The number of nitrogens with zero attached hydrogens (tertiary/aromatic N) is 3. The Hall–Kier alpha value is -3.81. The van der Waals surface area contributed by atoms with Gasteiger partial charge in [-0.1, -0.05) is 60.7 Å². The Balaban J connectivity index is 1.28. The quantitative estimate of drug-likeness (QED) is 0.395. The summed E-state index contributed by atoms with van der Waals surface area (Å²) in [5.41, 5.74) is 3.34. The minimum Gasteiger partial charge on any atom is -0.465 e. The lowest BCUT2D eigenvalue weighted by atomic mass is 9.96. The van der Waals surface area contributed by atoms with E-state index in [9.17, 15) is 14.4 Å². The molecular weight excluding hydrogens is 454 g/mol. The molecule has 36 heavy (non-hydrogen) atoms. The molecule has 5 rings (SSSR count). The van der Waals surface area contributed by atoms with E-state index in [0.29, 0.717) is 24.3 Å². The van der Waals surface area contributed by atoms with Gasteiger partial charge in [0.25, 0.3) is 5.91 Å². The maximum absolute atomic E-state index is 13.3. The number of hydrogen-bond donors (Lipinski definition) is 0. The number of amides is 2. The molecule has 7 heteroatoms. The van der Waals surface area contributed by atoms with Crippen molar-refractivity contribution in [3.8, 4) is 0 Å². The van der Waals surface area contributed by atoms with Gasteiger partial charge in [0, 0.05) is 26.2 Å². The molecule has 0 spiro atoms. The third-order valence-electron chi connectivity index (χ3n) is 7.05. The van der Waals surface area contributed by atoms with E-state index in [4.69, 9.17) is 4.74 Å². The summed E-state index contributed by atoms with van der Waals surface area (Å²) in [4.78, 5) is 43.7. The molecule has 0 bridgehead atoms. The van der Waals surface area contributed by atoms with Crippen LogP contribution in [0.2, 0.25) is 0 Å². The highest BCUT2D eigenvalue weighted by Gasteiger charge is 2.43. The van der Waals surface area contributed by atoms with Gasteiger partial charge in [0.05, 0.1) is 36.9 Å². The molecule has 2 aliphatic rings. The molecule has 0 unspecified atom stereocenters. The molecule has 2 saturated heterocycles. The fourth-order valence-electron chi connectivity index (χ4n) is 5.23. The Labute approximate surface area is 210 Å². The first kappa shape index (κ1) is 23.9. The van der Waals surface area contributed by atoms with E-state index >= 15 is 0 Å². The lowest BCUT2D eigenvalue weighted by Crippen LogP contribution is -2.53. The van der Waals surface area contributed by atoms with Gasteiger partial charge in [0.2, 0.25) is 5.91 Å². The number of benzene rings is 3. The number of imide groups is 1. The van der Waals surface area contributed by atoms with Crippen molar-refractivity contribution in [2.75, 3.05) is 38.2 Å². The van der Waals surface area contributed by atoms with Crippen molar-refractivity contribution in [1.82, 2.24) is 9.80 Å². The third-order valence-corrected chi connectivity index (χ3v) is 7.05. The second kappa shape index (κ2) is 10.4. The zero-order chi connectivity index (χ0) is 25.1. The molecule has 184 valence electrons. The van der Waals surface area contributed by atoms with Crippen molar-refractivity contribution in [3.63, 3.8) is 0 Å². The number of piperazine rings is 1. The topological polar surface area (TPSA) is 70.2 Å². The van der Waals surface area contributed by atoms with E-state index in [1.807, 2.05) is 12.1 Å². The van der Waals surface area contributed by atoms with E-state index in [-0.39, 0.29) is 24.3 Å². The van der Waals surface area contributed by atoms with Crippen LogP contribution in [0.25, 0.3) is 0 Å². The van der Waals surface area contributed by atoms with E-state index in [2.05, 4.69) is 58.3 Å². The van der Waals surface area contributed by atoms with Crippen molar-refractivity contribution in [2.24, 2.45) is 0 Å². The predicted octanol–water partition coefficient (Wildman–Crippen LogP) is 3.51. The summed E-state index contributed by atoms with van der Waals surface area (Å²) in [5, 5.41) is 0. The van der Waals surface area contributed by atoms with Gasteiger partial charge in [0.15, 0.2) is 0 Å². The van der Waals surface area contributed by atoms with Gasteiger partial charge in [-0.05, 0) is 35.4 Å². The number of carbonyl (C=O) groups is 3. The van der Waals surface area contributed by atoms with Gasteiger partial charge in [-0.25, -0.2) is 9.69 Å². The number of carbonyl (C=O) groups excluding carboxylic acids is 3. The molecule has 2 amide bonds. The normalized spacial score (nSPS) is 19.2. The van der Waals surface area contributed by atoms with Gasteiger partial charge in [-0.2, -0.15) is 0 Å². The minimum absolute atomic E-state index is 0.139. The Morgan fingerprint density at radius 3 is 1.89 bits per heavy atom. The summed E-state index contributed by atoms with van der Waals surface area (Å²) in [6.45, 7) is 2.99. The average Bonchev–Trinajstić information content (AvgIpc) is 3.23. The number of esters is 1. The molecule has 2 fully saturated rings. The van der Waals surface area contributed by atoms with Crippen LogP contribution in [0.5, 0.6) is 0 Å². The zero-order valence-corrected chi connectivity index (χ0v) is 20.2. The van der Waals surface area contributed by atoms with Crippen LogP contribution < -0.4 is 4.90 Å². The molecule has 0 aromatic heterocycles. The van der Waals surface area contributed by atoms with Crippen LogP contribution >= 0.6 is 0 Å². The van der Waals surface area contributed by atoms with Gasteiger partial charge in [0.1, 0.15) is 0 Å². The highest BCUT2D eigenvalue weighted by molar-refractivity contribution is 6.22. The van der Waals surface area contributed by atoms with Crippen LogP contribution in [0, 0.1) is 0 Å². The molecule has 0 aliphatic carbocycles. The fourth-order valence-corrected chi connectivity index (χ4v) is 5.23. The summed E-state index contributed by atoms with van der Waals surface area (Å²) >= 11 is 0. The number of methoxy groups -OCH3 is 1. The van der Waals surface area contributed by atoms with Crippen LogP contribution in [0.15, 0.2) is 84.9 Å². The maximum Gasteiger partial charge on any atom is 0.337 e. The summed E-state index contributed by atoms with van der Waals surface area (Å²) in [7, 11) is 1.32. The highest BCUT2D eigenvalue weighted by atomic mass is 16.5. The molecule has 0 radical (unpaired) electrons. The number of anilines is 1. The van der Waals surface area contributed by atoms with Crippen LogP contribution in [-0.4, -0.2) is 66.9 Å². The van der Waals surface area contributed by atoms with Gasteiger partial charge in [-0.3, -0.25) is 19.4 Å². The second-order valence-corrected chi connectivity index (χ2v) is 9.12. The standard InChI is InChI=1S/C29H29N3O4/c1-36-29(35)23-12-14-24(15-13-23)32-26(33)20-25(28(32)34)30-16-18-31(19-17-30)27(21-8-4-2-5-9-21)22-10-6-3-7-11-22/h2-15,25,27H,16-20H2,1H3/t25-/m0/s1. The largest absolute Gasteiger partial charge is 0.465 e. The van der Waals surface area contributed by atoms with Crippen LogP contribution in [-0.2, 0) is 14.3 Å². The van der Waals surface area contributed by atoms with Crippen molar-refractivity contribution >= 4 is 23.5 Å². The van der Waals surface area contributed by atoms with E-state index in [1.54, 1.807) is 24.3 Å². The van der Waals surface area contributed by atoms with Crippen molar-refractivity contribution in [2.45, 2.75) is 18.5 Å². The monoisotopic (exact) mass is 483 g/mol. The zero-order valence-electron chi connectivity index (χ0n) is 20.2. The van der Waals surface area contributed by atoms with E-state index in [0.717, 1.165) is 13.1 Å². The molecule has 0 N–H and O–H groups in total. The smallest absolute Gasteiger partial charge is 0.337 e. The second-order valence-electron chi connectivity index (χ2n) is 9.12. The first-order valence-corrected chi connectivity index (χ1v) is 12.2. The third kappa shape index (κ3) is 4.67. The maximum atomic E-state index is 13.3. The molecule has 3 aromatic carbocycles. The number of ether oxygens (including phenoxy) is 1. The van der Waals surface area contributed by atoms with Gasteiger partial charge in [-0.15, -0.1) is 0 Å². The Morgan fingerprint density at radius 2 is 1.36 bits per heavy atom. The van der Waals surface area contributed by atoms with Crippen molar-refractivity contribution in [3.05, 3.63) is 102 Å². The number of hydrogen-bond acceptors (Lipinski definition) is 6. The Morgan fingerprint density at radius 1 is 0.806 bits per heavy atom. The first-order chi connectivity index (χ1) is 17.6. The van der Waals surface area contributed by atoms with Crippen LogP contribution in [0.4, 0.5) is 5.69 Å². The SMILES string of the molecule is COC(=O)c1ccc(N2C(=O)C[C@H](N3CCN(C(c4ccccc4)c4ccccc4)CC3)C2=O)cc1. The van der Waals surface area contributed by atoms with Crippen molar-refractivity contribution in [1.29, 1.82) is 0 Å². The summed E-state index contributed by atoms with van der Waals surface area (Å²) < 4.78 is 4.73. The van der Waals surface area contributed by atoms with Gasteiger partial charge >= 0.3 is 5.97 Å². The first-order valence-electron chi connectivity index (χ1n) is 12.2. The average molecular weight is 484 g/mol. The molecule has 2 aliphatic heterocycles. The lowest BCUT2D eigenvalue weighted by molar-refractivity contribution is -0.123. The highest BCUT2D eigenvalue weighted by Crippen LogP contribution is 2.31. The minimum atomic E-state index is -0.466. The summed E-state index contributed by atoms with van der Waals surface area (Å²) in [6.07, 6.45) is 0.165. The Bertz CT molecular complexity index is 1180. The Kier molecular flexibility index (Phi) is 6.93. The molecule has 7 nitrogen and oxygen atoms in total. The van der Waals surface area contributed by atoms with E-state index in [1.165, 1.54) is 23.1 Å². The van der Waals surface area contributed by atoms with Crippen LogP contribution in [0.1, 0.15) is 33.9 Å². The summed E-state index contributed by atoms with van der Waals surface area (Å²) in [6, 6.07) is 27.0. The lowest BCUT2D eigenvalue weighted by Gasteiger charge is -2.41. The fraction of sp³-hybridized carbons (Fsp3) is 0.276. The molecule has 2 heterocycles. The van der Waals surface area contributed by atoms with Gasteiger partial charge < -0.3 is 4.74 Å². The molecule has 1 atom stereocenters. The molecule has 0 saturated carbocycles. The molecular formula is C29H29N3O4. The van der Waals surface area contributed by atoms with E-state index < -0.39 is 12.0 Å². The molecule has 3 aromatic rings.